The van der Waals surface area contributed by atoms with Crippen molar-refractivity contribution < 1.29 is 14.7 Å². The van der Waals surface area contributed by atoms with E-state index in [1.54, 1.807) is 60.7 Å². The molecule has 0 aliphatic carbocycles. The number of imide groups is 1. The van der Waals surface area contributed by atoms with Gasteiger partial charge < -0.3 is 5.11 Å². The molecule has 0 spiro atoms. The highest BCUT2D eigenvalue weighted by atomic mass is 79.9. The van der Waals surface area contributed by atoms with Crippen LogP contribution in [0.25, 0.3) is 16.6 Å². The predicted octanol–water partition coefficient (Wildman–Crippen LogP) is 4.49. The smallest absolute Gasteiger partial charge is 0.266 e. The van der Waals surface area contributed by atoms with Crippen LogP contribution in [-0.2, 0) is 13.1 Å². The van der Waals surface area contributed by atoms with E-state index in [1.807, 2.05) is 13.8 Å². The molecule has 188 valence electrons. The van der Waals surface area contributed by atoms with Crippen molar-refractivity contribution >= 4 is 38.6 Å². The maximum atomic E-state index is 13.8. The van der Waals surface area contributed by atoms with E-state index in [0.29, 0.717) is 39.8 Å². The molecule has 2 amide bonds. The van der Waals surface area contributed by atoms with Crippen molar-refractivity contribution in [3.05, 3.63) is 98.0 Å². The Morgan fingerprint density at radius 1 is 0.919 bits per heavy atom. The van der Waals surface area contributed by atoms with Crippen molar-refractivity contribution in [2.24, 2.45) is 0 Å². The van der Waals surface area contributed by atoms with Crippen LogP contribution in [0.15, 0.2) is 69.9 Å². The van der Waals surface area contributed by atoms with Gasteiger partial charge in [-0.05, 0) is 61.6 Å². The van der Waals surface area contributed by atoms with Crippen LogP contribution in [0.5, 0.6) is 5.75 Å². The molecule has 9 heteroatoms. The molecule has 0 atom stereocenters. The van der Waals surface area contributed by atoms with Gasteiger partial charge in [-0.25, -0.2) is 4.98 Å². The van der Waals surface area contributed by atoms with Crippen LogP contribution in [0.1, 0.15) is 46.0 Å². The van der Waals surface area contributed by atoms with Crippen molar-refractivity contribution in [3.63, 3.8) is 0 Å². The Balaban J connectivity index is 1.67. The zero-order valence-corrected chi connectivity index (χ0v) is 22.0. The van der Waals surface area contributed by atoms with Crippen LogP contribution in [0.4, 0.5) is 0 Å². The molecule has 1 N–H and O–H groups in total. The Morgan fingerprint density at radius 3 is 2.24 bits per heavy atom. The van der Waals surface area contributed by atoms with Crippen LogP contribution < -0.4 is 5.56 Å². The highest BCUT2D eigenvalue weighted by Crippen LogP contribution is 2.27. The molecule has 1 aliphatic rings. The Morgan fingerprint density at radius 2 is 1.59 bits per heavy atom. The second-order valence-electron chi connectivity index (χ2n) is 8.85. The first-order chi connectivity index (χ1) is 17.8. The molecule has 0 saturated carbocycles. The lowest BCUT2D eigenvalue weighted by molar-refractivity contribution is 0.0637. The van der Waals surface area contributed by atoms with E-state index in [9.17, 15) is 19.5 Å². The number of benzene rings is 3. The van der Waals surface area contributed by atoms with E-state index >= 15 is 0 Å². The number of fused-ring (bicyclic) bond motifs is 2. The Hall–Kier alpha value is -3.82. The summed E-state index contributed by atoms with van der Waals surface area (Å²) in [6.07, 6.45) is 0. The number of carbonyl (C=O) groups is 2. The fourth-order valence-corrected chi connectivity index (χ4v) is 4.99. The Labute approximate surface area is 221 Å². The molecule has 0 fully saturated rings. The largest absolute Gasteiger partial charge is 0.508 e. The van der Waals surface area contributed by atoms with E-state index < -0.39 is 11.8 Å². The van der Waals surface area contributed by atoms with Crippen molar-refractivity contribution in [1.29, 1.82) is 0 Å². The number of hydrogen-bond donors (Lipinski definition) is 1. The SMILES string of the molecule is CCN(CC)Cc1cc(-n2c(CN3C(=O)c4ccccc4C3=O)nc3ccc(Br)cc3c2=O)ccc1O. The molecule has 4 aromatic rings. The van der Waals surface area contributed by atoms with Gasteiger partial charge in [0.15, 0.2) is 0 Å². The average Bonchev–Trinajstić information content (AvgIpc) is 3.14. The molecule has 2 heterocycles. The minimum atomic E-state index is -0.426. The third kappa shape index (κ3) is 4.45. The topological polar surface area (TPSA) is 95.7 Å². The zero-order valence-electron chi connectivity index (χ0n) is 20.4. The molecule has 0 bridgehead atoms. The molecule has 1 aliphatic heterocycles. The van der Waals surface area contributed by atoms with Crippen molar-refractivity contribution in [1.82, 2.24) is 19.4 Å². The first-order valence-corrected chi connectivity index (χ1v) is 12.8. The van der Waals surface area contributed by atoms with Crippen LogP contribution in [0, 0.1) is 0 Å². The maximum absolute atomic E-state index is 13.8. The summed E-state index contributed by atoms with van der Waals surface area (Å²) in [5.41, 5.74) is 1.94. The van der Waals surface area contributed by atoms with E-state index in [4.69, 9.17) is 4.98 Å². The summed E-state index contributed by atoms with van der Waals surface area (Å²) in [6, 6.07) is 16.8. The molecule has 0 radical (unpaired) electrons. The molecule has 0 unspecified atom stereocenters. The van der Waals surface area contributed by atoms with Crippen molar-refractivity contribution in [2.75, 3.05) is 13.1 Å². The highest BCUT2D eigenvalue weighted by molar-refractivity contribution is 9.10. The molecule has 0 saturated heterocycles. The monoisotopic (exact) mass is 560 g/mol. The van der Waals surface area contributed by atoms with E-state index in [2.05, 4.69) is 20.8 Å². The first kappa shape index (κ1) is 24.9. The molecular formula is C28H25BrN4O4. The second kappa shape index (κ2) is 9.91. The first-order valence-electron chi connectivity index (χ1n) is 12.0. The summed E-state index contributed by atoms with van der Waals surface area (Å²) in [5.74, 6) is -0.480. The number of halogens is 1. The van der Waals surface area contributed by atoms with Gasteiger partial charge in [0.1, 0.15) is 11.6 Å². The number of hydrogen-bond acceptors (Lipinski definition) is 6. The minimum Gasteiger partial charge on any atom is -0.508 e. The van der Waals surface area contributed by atoms with Crippen molar-refractivity contribution in [3.8, 4) is 11.4 Å². The number of carbonyl (C=O) groups excluding carboxylic acids is 2. The second-order valence-corrected chi connectivity index (χ2v) is 9.76. The van der Waals surface area contributed by atoms with Gasteiger partial charge in [0, 0.05) is 16.6 Å². The number of phenols is 1. The predicted molar refractivity (Wildman–Crippen MR) is 144 cm³/mol. The highest BCUT2D eigenvalue weighted by Gasteiger charge is 2.36. The van der Waals surface area contributed by atoms with E-state index in [0.717, 1.165) is 22.5 Å². The molecule has 5 rings (SSSR count). The van der Waals surface area contributed by atoms with E-state index in [-0.39, 0.29) is 23.7 Å². The van der Waals surface area contributed by atoms with Crippen LogP contribution in [0.3, 0.4) is 0 Å². The zero-order chi connectivity index (χ0) is 26.3. The Bertz CT molecular complexity index is 1580. The number of amides is 2. The van der Waals surface area contributed by atoms with Gasteiger partial charge in [-0.3, -0.25) is 28.8 Å². The van der Waals surface area contributed by atoms with Crippen LogP contribution in [-0.4, -0.2) is 49.4 Å². The lowest BCUT2D eigenvalue weighted by Crippen LogP contribution is -2.34. The van der Waals surface area contributed by atoms with Gasteiger partial charge in [-0.1, -0.05) is 41.9 Å². The fourth-order valence-electron chi connectivity index (χ4n) is 4.63. The standard InChI is InChI=1S/C28H25BrN4O4/c1-3-31(4-2)15-17-13-19(10-12-24(17)34)33-25(30-23-11-9-18(29)14-22(23)28(33)37)16-32-26(35)20-7-5-6-8-21(20)27(32)36/h5-14,34H,3-4,15-16H2,1-2H3. The molecule has 1 aromatic heterocycles. The summed E-state index contributed by atoms with van der Waals surface area (Å²) in [7, 11) is 0. The Kier molecular flexibility index (Phi) is 6.66. The number of rotatable bonds is 7. The van der Waals surface area contributed by atoms with E-state index in [1.165, 1.54) is 4.57 Å². The molecule has 8 nitrogen and oxygen atoms in total. The van der Waals surface area contributed by atoms with Gasteiger partial charge in [-0.2, -0.15) is 0 Å². The normalized spacial score (nSPS) is 13.1. The fraction of sp³-hybridized carbons (Fsp3) is 0.214. The van der Waals surface area contributed by atoms with Gasteiger partial charge >= 0.3 is 0 Å². The summed E-state index contributed by atoms with van der Waals surface area (Å²) in [6.45, 7) is 6.01. The summed E-state index contributed by atoms with van der Waals surface area (Å²) in [4.78, 5) is 48.0. The van der Waals surface area contributed by atoms with Crippen molar-refractivity contribution in [2.45, 2.75) is 26.9 Å². The number of nitrogens with zero attached hydrogens (tertiary/aromatic N) is 4. The third-order valence-corrected chi connectivity index (χ3v) is 7.18. The number of aromatic hydroxyl groups is 1. The van der Waals surface area contributed by atoms with Crippen LogP contribution >= 0.6 is 15.9 Å². The number of aromatic nitrogens is 2. The molecular weight excluding hydrogens is 536 g/mol. The summed E-state index contributed by atoms with van der Waals surface area (Å²) >= 11 is 3.42. The average molecular weight is 561 g/mol. The molecule has 37 heavy (non-hydrogen) atoms. The molecule has 3 aromatic carbocycles. The minimum absolute atomic E-state index is 0.127. The quantitative estimate of drug-likeness (QED) is 0.334. The number of phenolic OH excluding ortho intramolecular Hbond substituents is 1. The van der Waals surface area contributed by atoms with Gasteiger partial charge in [0.2, 0.25) is 0 Å². The third-order valence-electron chi connectivity index (χ3n) is 6.69. The summed E-state index contributed by atoms with van der Waals surface area (Å²) < 4.78 is 2.15. The maximum Gasteiger partial charge on any atom is 0.266 e. The lowest BCUT2D eigenvalue weighted by Gasteiger charge is -2.21. The van der Waals surface area contributed by atoms with Gasteiger partial charge in [0.25, 0.3) is 17.4 Å². The summed E-state index contributed by atoms with van der Waals surface area (Å²) in [5, 5.41) is 10.9. The lowest BCUT2D eigenvalue weighted by atomic mass is 10.1. The van der Waals surface area contributed by atoms with Gasteiger partial charge in [-0.15, -0.1) is 0 Å². The van der Waals surface area contributed by atoms with Gasteiger partial charge in [0.05, 0.1) is 34.3 Å². The van der Waals surface area contributed by atoms with Crippen LogP contribution in [0.2, 0.25) is 0 Å².